The minimum atomic E-state index is -4.76. The van der Waals surface area contributed by atoms with Crippen LogP contribution in [0.25, 0.3) is 6.08 Å². The molecule has 0 saturated heterocycles. The van der Waals surface area contributed by atoms with E-state index in [-0.39, 0.29) is 0 Å². The summed E-state index contributed by atoms with van der Waals surface area (Å²) in [6.45, 7) is 0. The minimum absolute atomic E-state index is 0.382. The zero-order valence-corrected chi connectivity index (χ0v) is 7.76. The number of rotatable bonds is 3. The summed E-state index contributed by atoms with van der Waals surface area (Å²) in [6.07, 6.45) is 3.49. The molecule has 1 heterocycles. The van der Waals surface area contributed by atoms with E-state index in [1.54, 1.807) is 12.1 Å². The summed E-state index contributed by atoms with van der Waals surface area (Å²) >= 11 is 0. The molecule has 14 heavy (non-hydrogen) atoms. The van der Waals surface area contributed by atoms with Crippen molar-refractivity contribution < 1.29 is 28.1 Å². The van der Waals surface area contributed by atoms with E-state index in [4.69, 9.17) is 14.2 Å². The molecule has 0 bridgehead atoms. The average molecular weight is 218 g/mol. The van der Waals surface area contributed by atoms with Gasteiger partial charge in [-0.3, -0.25) is 9.79 Å². The number of phosphoric acid groups is 1. The van der Waals surface area contributed by atoms with Crippen LogP contribution < -0.4 is 0 Å². The van der Waals surface area contributed by atoms with Crippen molar-refractivity contribution in [1.82, 2.24) is 0 Å². The molecule has 0 spiro atoms. The summed E-state index contributed by atoms with van der Waals surface area (Å²) in [7, 11) is -4.76. The van der Waals surface area contributed by atoms with Crippen LogP contribution in [0.2, 0.25) is 0 Å². The van der Waals surface area contributed by atoms with Gasteiger partial charge in [-0.2, -0.15) is 0 Å². The van der Waals surface area contributed by atoms with Crippen LogP contribution in [0.4, 0.5) is 0 Å². The Balaban J connectivity index is 2.54. The van der Waals surface area contributed by atoms with Gasteiger partial charge in [0.2, 0.25) is 0 Å². The minimum Gasteiger partial charge on any atom is -0.465 e. The third-order valence-corrected chi connectivity index (χ3v) is 1.55. The molecule has 0 amide bonds. The molecule has 1 rings (SSSR count). The maximum absolute atomic E-state index is 10.7. The van der Waals surface area contributed by atoms with Crippen molar-refractivity contribution in [3.8, 4) is 0 Å². The molecular formula is C7H7O6P. The fourth-order valence-corrected chi connectivity index (χ4v) is 0.979. The predicted octanol–water partition coefficient (Wildman–Crippen LogP) is 0.929. The van der Waals surface area contributed by atoms with Gasteiger partial charge in [0.15, 0.2) is 0 Å². The lowest BCUT2D eigenvalue weighted by Crippen LogP contribution is -1.97. The molecule has 0 unspecified atom stereocenters. The maximum Gasteiger partial charge on any atom is 0.527 e. The van der Waals surface area contributed by atoms with Gasteiger partial charge in [0.1, 0.15) is 5.76 Å². The number of carbonyl (C=O) groups excluding carboxylic acids is 1. The summed E-state index contributed by atoms with van der Waals surface area (Å²) in [6, 6.07) is 3.18. The van der Waals surface area contributed by atoms with E-state index >= 15 is 0 Å². The summed E-state index contributed by atoms with van der Waals surface area (Å²) in [5.74, 6) is -0.748. The molecule has 0 saturated carbocycles. The summed E-state index contributed by atoms with van der Waals surface area (Å²) in [5, 5.41) is 0. The Morgan fingerprint density at radius 1 is 1.57 bits per heavy atom. The largest absolute Gasteiger partial charge is 0.527 e. The van der Waals surface area contributed by atoms with Gasteiger partial charge in [0.05, 0.1) is 6.26 Å². The second-order valence-electron chi connectivity index (χ2n) is 2.25. The Bertz CT molecular complexity index is 373. The van der Waals surface area contributed by atoms with E-state index in [0.717, 1.165) is 6.08 Å². The Labute approximate surface area is 79.0 Å². The smallest absolute Gasteiger partial charge is 0.465 e. The molecule has 0 atom stereocenters. The highest BCUT2D eigenvalue weighted by atomic mass is 31.2. The van der Waals surface area contributed by atoms with Gasteiger partial charge in [0.25, 0.3) is 0 Å². The van der Waals surface area contributed by atoms with Crippen molar-refractivity contribution in [2.45, 2.75) is 0 Å². The zero-order chi connectivity index (χ0) is 10.6. The topological polar surface area (TPSA) is 97.0 Å². The summed E-state index contributed by atoms with van der Waals surface area (Å²) in [4.78, 5) is 27.2. The van der Waals surface area contributed by atoms with E-state index < -0.39 is 13.8 Å². The van der Waals surface area contributed by atoms with Crippen LogP contribution in [0.1, 0.15) is 5.76 Å². The normalized spacial score (nSPS) is 11.9. The van der Waals surface area contributed by atoms with E-state index in [1.807, 2.05) is 0 Å². The third-order valence-electron chi connectivity index (χ3n) is 1.14. The van der Waals surface area contributed by atoms with Crippen molar-refractivity contribution in [2.75, 3.05) is 0 Å². The first-order chi connectivity index (χ1) is 6.47. The Kier molecular flexibility index (Phi) is 3.24. The predicted molar refractivity (Wildman–Crippen MR) is 45.9 cm³/mol. The highest BCUT2D eigenvalue weighted by Crippen LogP contribution is 2.35. The van der Waals surface area contributed by atoms with Crippen LogP contribution in [0.3, 0.4) is 0 Å². The zero-order valence-electron chi connectivity index (χ0n) is 6.86. The lowest BCUT2D eigenvalue weighted by Gasteiger charge is -2.00. The first-order valence-electron chi connectivity index (χ1n) is 3.48. The van der Waals surface area contributed by atoms with Crippen LogP contribution in [0.15, 0.2) is 28.9 Å². The highest BCUT2D eigenvalue weighted by molar-refractivity contribution is 7.46. The molecule has 6 nitrogen and oxygen atoms in total. The molecule has 76 valence electrons. The molecule has 0 fully saturated rings. The molecule has 1 aromatic heterocycles. The van der Waals surface area contributed by atoms with E-state index in [0.29, 0.717) is 5.76 Å². The fourth-order valence-electron chi connectivity index (χ4n) is 0.684. The monoisotopic (exact) mass is 218 g/mol. The molecule has 0 aromatic carbocycles. The van der Waals surface area contributed by atoms with Gasteiger partial charge in [0, 0.05) is 6.08 Å². The number of hydrogen-bond acceptors (Lipinski definition) is 4. The highest BCUT2D eigenvalue weighted by Gasteiger charge is 2.18. The summed E-state index contributed by atoms with van der Waals surface area (Å²) < 4.78 is 18.8. The molecule has 0 aliphatic carbocycles. The quantitative estimate of drug-likeness (QED) is 0.578. The lowest BCUT2D eigenvalue weighted by molar-refractivity contribution is -0.130. The van der Waals surface area contributed by atoms with Gasteiger partial charge in [-0.1, -0.05) is 0 Å². The van der Waals surface area contributed by atoms with Crippen LogP contribution in [0.5, 0.6) is 0 Å². The first-order valence-corrected chi connectivity index (χ1v) is 5.01. The van der Waals surface area contributed by atoms with Crippen LogP contribution in [-0.4, -0.2) is 15.8 Å². The third kappa shape index (κ3) is 4.04. The van der Waals surface area contributed by atoms with Gasteiger partial charge in [-0.25, -0.2) is 9.36 Å². The maximum atomic E-state index is 10.7. The summed E-state index contributed by atoms with van der Waals surface area (Å²) in [5.41, 5.74) is 0. The van der Waals surface area contributed by atoms with Crippen molar-refractivity contribution in [2.24, 2.45) is 0 Å². The second kappa shape index (κ2) is 4.23. The SMILES string of the molecule is O=C(/C=C/c1ccco1)OP(=O)(O)O. The van der Waals surface area contributed by atoms with Gasteiger partial charge >= 0.3 is 13.8 Å². The van der Waals surface area contributed by atoms with Gasteiger partial charge < -0.3 is 8.94 Å². The number of carbonyl (C=O) groups is 1. The number of phosphoric ester groups is 1. The average Bonchev–Trinajstić information content (AvgIpc) is 2.49. The van der Waals surface area contributed by atoms with Crippen molar-refractivity contribution >= 4 is 19.9 Å². The van der Waals surface area contributed by atoms with Gasteiger partial charge in [-0.15, -0.1) is 0 Å². The Morgan fingerprint density at radius 3 is 2.79 bits per heavy atom. The van der Waals surface area contributed by atoms with Crippen LogP contribution >= 0.6 is 7.82 Å². The van der Waals surface area contributed by atoms with E-state index in [9.17, 15) is 9.36 Å². The first kappa shape index (κ1) is 10.7. The fraction of sp³-hybridized carbons (Fsp3) is 0. The van der Waals surface area contributed by atoms with Gasteiger partial charge in [-0.05, 0) is 18.2 Å². The standard InChI is InChI=1S/C7H7O6P/c8-7(13-14(9,10)11)4-3-6-2-1-5-12-6/h1-5H,(H2,9,10,11)/b4-3+. The molecule has 0 radical (unpaired) electrons. The number of hydrogen-bond donors (Lipinski definition) is 2. The molecule has 7 heteroatoms. The Morgan fingerprint density at radius 2 is 2.29 bits per heavy atom. The molecular weight excluding hydrogens is 211 g/mol. The van der Waals surface area contributed by atoms with Crippen molar-refractivity contribution in [3.05, 3.63) is 30.2 Å². The molecule has 1 aromatic rings. The molecule has 0 aliphatic rings. The van der Waals surface area contributed by atoms with Crippen molar-refractivity contribution in [3.63, 3.8) is 0 Å². The van der Waals surface area contributed by atoms with E-state index in [1.165, 1.54) is 12.3 Å². The van der Waals surface area contributed by atoms with Crippen LogP contribution in [0, 0.1) is 0 Å². The van der Waals surface area contributed by atoms with Crippen LogP contribution in [-0.2, 0) is 13.9 Å². The molecule has 2 N–H and O–H groups in total. The van der Waals surface area contributed by atoms with Crippen molar-refractivity contribution in [1.29, 1.82) is 0 Å². The van der Waals surface area contributed by atoms with E-state index in [2.05, 4.69) is 4.52 Å². The molecule has 0 aliphatic heterocycles. The second-order valence-corrected chi connectivity index (χ2v) is 3.41. The number of furan rings is 1. The lowest BCUT2D eigenvalue weighted by atomic mass is 10.4. The Hall–Kier alpha value is -1.36.